The number of rotatable bonds is 8. The predicted octanol–water partition coefficient (Wildman–Crippen LogP) is 5.91. The lowest BCUT2D eigenvalue weighted by molar-refractivity contribution is 0.0980. The van der Waals surface area contributed by atoms with E-state index in [0.717, 1.165) is 17.7 Å². The van der Waals surface area contributed by atoms with Gasteiger partial charge in [0.2, 0.25) is 5.88 Å². The summed E-state index contributed by atoms with van der Waals surface area (Å²) in [6.45, 7) is 2.12. The van der Waals surface area contributed by atoms with Gasteiger partial charge in [0.25, 0.3) is 0 Å². The highest BCUT2D eigenvalue weighted by Gasteiger charge is 2.11. The molecule has 0 aliphatic rings. The molecule has 0 fully saturated rings. The fourth-order valence-electron chi connectivity index (χ4n) is 3.07. The van der Waals surface area contributed by atoms with Gasteiger partial charge in [0.05, 0.1) is 0 Å². The number of pyridine rings is 1. The van der Waals surface area contributed by atoms with Crippen molar-refractivity contribution in [1.29, 1.82) is 0 Å². The summed E-state index contributed by atoms with van der Waals surface area (Å²) in [6.07, 6.45) is 3.35. The summed E-state index contributed by atoms with van der Waals surface area (Å²) in [5.74, 6) is 1.84. The van der Waals surface area contributed by atoms with Gasteiger partial charge in [0.15, 0.2) is 5.78 Å². The number of hydrogen-bond donors (Lipinski definition) is 0. The number of para-hydroxylation sites is 1. The second-order valence-corrected chi connectivity index (χ2v) is 6.95. The lowest BCUT2D eigenvalue weighted by Crippen LogP contribution is -2.01. The van der Waals surface area contributed by atoms with Crippen molar-refractivity contribution < 1.29 is 14.1 Å². The molecule has 0 N–H and O–H groups in total. The Morgan fingerprint density at radius 1 is 1.00 bits per heavy atom. The third kappa shape index (κ3) is 4.81. The molecule has 2 aromatic heterocycles. The van der Waals surface area contributed by atoms with Crippen LogP contribution in [0, 0.1) is 0 Å². The number of ketones is 1. The largest absolute Gasteiger partial charge is 0.439 e. The first kappa shape index (κ1) is 19.6. The number of carbonyl (C=O) groups is 1. The molecule has 5 heteroatoms. The Bertz CT molecular complexity index is 1100. The Morgan fingerprint density at radius 3 is 2.50 bits per heavy atom. The molecule has 0 aliphatic heterocycles. The fraction of sp³-hybridized carbons (Fsp3) is 0.160. The molecular weight excluding hydrogens is 376 g/mol. The number of aryl methyl sites for hydroxylation is 2. The van der Waals surface area contributed by atoms with E-state index in [2.05, 4.69) is 29.2 Å². The van der Waals surface area contributed by atoms with Crippen LogP contribution in [-0.4, -0.2) is 15.9 Å². The molecule has 0 amide bonds. The molecular formula is C25H22N2O3. The zero-order valence-electron chi connectivity index (χ0n) is 16.7. The zero-order chi connectivity index (χ0) is 20.8. The molecule has 5 nitrogen and oxygen atoms in total. The van der Waals surface area contributed by atoms with Crippen LogP contribution in [0.15, 0.2) is 83.5 Å². The van der Waals surface area contributed by atoms with Gasteiger partial charge in [-0.2, -0.15) is 0 Å². The predicted molar refractivity (Wildman–Crippen MR) is 115 cm³/mol. The van der Waals surface area contributed by atoms with E-state index in [0.29, 0.717) is 35.8 Å². The number of carbonyl (C=O) groups excluding carboxylic acids is 1. The van der Waals surface area contributed by atoms with Crippen molar-refractivity contribution in [3.63, 3.8) is 0 Å². The minimum atomic E-state index is -0.000917. The molecule has 0 atom stereocenters. The van der Waals surface area contributed by atoms with E-state index in [1.54, 1.807) is 18.3 Å². The minimum Gasteiger partial charge on any atom is -0.439 e. The van der Waals surface area contributed by atoms with E-state index in [9.17, 15) is 4.79 Å². The molecule has 0 aliphatic carbocycles. The Morgan fingerprint density at radius 2 is 1.80 bits per heavy atom. The summed E-state index contributed by atoms with van der Waals surface area (Å²) in [7, 11) is 0. The first-order chi connectivity index (χ1) is 14.7. The maximum atomic E-state index is 12.5. The van der Waals surface area contributed by atoms with E-state index in [1.807, 2.05) is 48.5 Å². The van der Waals surface area contributed by atoms with E-state index < -0.39 is 0 Å². The van der Waals surface area contributed by atoms with Crippen LogP contribution in [0.4, 0.5) is 0 Å². The van der Waals surface area contributed by atoms with Crippen molar-refractivity contribution in [1.82, 2.24) is 10.1 Å². The summed E-state index contributed by atoms with van der Waals surface area (Å²) < 4.78 is 11.1. The number of hydrogen-bond acceptors (Lipinski definition) is 5. The molecule has 0 saturated carbocycles. The molecule has 150 valence electrons. The highest BCUT2D eigenvalue weighted by atomic mass is 16.5. The van der Waals surface area contributed by atoms with Gasteiger partial charge in [-0.15, -0.1) is 0 Å². The van der Waals surface area contributed by atoms with Crippen LogP contribution in [0.25, 0.3) is 11.3 Å². The Hall–Kier alpha value is -3.73. The standard InChI is InChI=1S/C25H22N2O3/c1-2-18-8-10-19(11-9-18)23-16-22(30-27-23)13-14-24(28)20-12-15-25(26-17-20)29-21-6-4-3-5-7-21/h3-12,15-17H,2,13-14H2,1H3. The van der Waals surface area contributed by atoms with Gasteiger partial charge in [-0.1, -0.05) is 54.5 Å². The lowest BCUT2D eigenvalue weighted by Gasteiger charge is -2.05. The normalized spacial score (nSPS) is 10.7. The molecule has 0 spiro atoms. The van der Waals surface area contributed by atoms with Gasteiger partial charge in [-0.3, -0.25) is 4.79 Å². The molecule has 4 rings (SSSR count). The molecule has 0 unspecified atom stereocenters. The molecule has 0 saturated heterocycles. The molecule has 0 bridgehead atoms. The summed E-state index contributed by atoms with van der Waals surface area (Å²) in [5, 5.41) is 4.13. The van der Waals surface area contributed by atoms with Crippen molar-refractivity contribution >= 4 is 5.78 Å². The van der Waals surface area contributed by atoms with Crippen LogP contribution in [0.5, 0.6) is 11.6 Å². The maximum absolute atomic E-state index is 12.5. The van der Waals surface area contributed by atoms with E-state index in [-0.39, 0.29) is 5.78 Å². The second kappa shape index (κ2) is 9.18. The SMILES string of the molecule is CCc1ccc(-c2cc(CCC(=O)c3ccc(Oc4ccccc4)nc3)on2)cc1. The Labute approximate surface area is 175 Å². The summed E-state index contributed by atoms with van der Waals surface area (Å²) >= 11 is 0. The van der Waals surface area contributed by atoms with Gasteiger partial charge in [-0.05, 0) is 30.2 Å². The maximum Gasteiger partial charge on any atom is 0.219 e. The zero-order valence-corrected chi connectivity index (χ0v) is 16.7. The second-order valence-electron chi connectivity index (χ2n) is 6.95. The molecule has 2 aromatic carbocycles. The van der Waals surface area contributed by atoms with Crippen molar-refractivity contribution in [3.05, 3.63) is 95.9 Å². The summed E-state index contributed by atoms with van der Waals surface area (Å²) in [6, 6.07) is 23.0. The van der Waals surface area contributed by atoms with Gasteiger partial charge < -0.3 is 9.26 Å². The summed E-state index contributed by atoms with van der Waals surface area (Å²) in [4.78, 5) is 16.7. The number of aromatic nitrogens is 2. The smallest absolute Gasteiger partial charge is 0.219 e. The van der Waals surface area contributed by atoms with E-state index in [1.165, 1.54) is 5.56 Å². The number of benzene rings is 2. The van der Waals surface area contributed by atoms with Crippen LogP contribution in [0.1, 0.15) is 35.0 Å². The van der Waals surface area contributed by atoms with Crippen LogP contribution < -0.4 is 4.74 Å². The molecule has 30 heavy (non-hydrogen) atoms. The van der Waals surface area contributed by atoms with Crippen molar-refractivity contribution in [3.8, 4) is 22.9 Å². The topological polar surface area (TPSA) is 65.2 Å². The van der Waals surface area contributed by atoms with Gasteiger partial charge in [0.1, 0.15) is 17.2 Å². The summed E-state index contributed by atoms with van der Waals surface area (Å²) in [5.41, 5.74) is 3.61. The quantitative estimate of drug-likeness (QED) is 0.345. The average Bonchev–Trinajstić information content (AvgIpc) is 3.28. The third-order valence-corrected chi connectivity index (χ3v) is 4.84. The average molecular weight is 398 g/mol. The van der Waals surface area contributed by atoms with Crippen LogP contribution in [0.2, 0.25) is 0 Å². The molecule has 4 aromatic rings. The number of nitrogens with zero attached hydrogens (tertiary/aromatic N) is 2. The first-order valence-corrected chi connectivity index (χ1v) is 9.98. The van der Waals surface area contributed by atoms with Gasteiger partial charge >= 0.3 is 0 Å². The van der Waals surface area contributed by atoms with E-state index >= 15 is 0 Å². The van der Waals surface area contributed by atoms with Gasteiger partial charge in [-0.25, -0.2) is 4.98 Å². The van der Waals surface area contributed by atoms with Crippen molar-refractivity contribution in [2.45, 2.75) is 26.2 Å². The van der Waals surface area contributed by atoms with Crippen molar-refractivity contribution in [2.24, 2.45) is 0 Å². The van der Waals surface area contributed by atoms with Crippen LogP contribution >= 0.6 is 0 Å². The molecule has 0 radical (unpaired) electrons. The third-order valence-electron chi connectivity index (χ3n) is 4.84. The number of Topliss-reactive ketones (excluding diaryl/α,β-unsaturated/α-hetero) is 1. The minimum absolute atomic E-state index is 0.000917. The number of ether oxygens (including phenoxy) is 1. The first-order valence-electron chi connectivity index (χ1n) is 9.98. The van der Waals surface area contributed by atoms with Crippen LogP contribution in [-0.2, 0) is 12.8 Å². The highest BCUT2D eigenvalue weighted by molar-refractivity contribution is 5.95. The van der Waals surface area contributed by atoms with E-state index in [4.69, 9.17) is 9.26 Å². The van der Waals surface area contributed by atoms with Crippen LogP contribution in [0.3, 0.4) is 0 Å². The molecule has 2 heterocycles. The van der Waals surface area contributed by atoms with Crippen molar-refractivity contribution in [2.75, 3.05) is 0 Å². The Kier molecular flexibility index (Phi) is 5.99. The fourth-order valence-corrected chi connectivity index (χ4v) is 3.07. The monoisotopic (exact) mass is 398 g/mol. The lowest BCUT2D eigenvalue weighted by atomic mass is 10.1. The highest BCUT2D eigenvalue weighted by Crippen LogP contribution is 2.22. The Balaban J connectivity index is 1.33. The van der Waals surface area contributed by atoms with Gasteiger partial charge in [0, 0.05) is 42.3 Å².